The number of imide groups is 1. The first-order valence-corrected chi connectivity index (χ1v) is 9.08. The first-order chi connectivity index (χ1) is 13.8. The highest BCUT2D eigenvalue weighted by Crippen LogP contribution is 2.36. The van der Waals surface area contributed by atoms with Gasteiger partial charge in [-0.05, 0) is 36.1 Å². The molecule has 1 aliphatic rings. The zero-order valence-electron chi connectivity index (χ0n) is 16.2. The van der Waals surface area contributed by atoms with Crippen LogP contribution in [0.3, 0.4) is 0 Å². The zero-order valence-corrected chi connectivity index (χ0v) is 16.2. The Labute approximate surface area is 168 Å². The van der Waals surface area contributed by atoms with Crippen LogP contribution < -0.4 is 16.4 Å². The number of aryl methyl sites for hydroxylation is 2. The number of urea groups is 1. The predicted octanol–water partition coefficient (Wildman–Crippen LogP) is 0.700. The summed E-state index contributed by atoms with van der Waals surface area (Å²) in [6.45, 7) is 2.99. The maximum Gasteiger partial charge on any atom is 0.326 e. The van der Waals surface area contributed by atoms with Crippen LogP contribution in [0, 0.1) is 13.8 Å². The van der Waals surface area contributed by atoms with Crippen molar-refractivity contribution in [1.82, 2.24) is 15.5 Å². The third-order valence-corrected chi connectivity index (χ3v) is 5.01. The smallest absolute Gasteiger partial charge is 0.326 e. The largest absolute Gasteiger partial charge is 0.368 e. The van der Waals surface area contributed by atoms with Gasteiger partial charge in [-0.2, -0.15) is 0 Å². The fraction of sp³-hybridized carbons (Fsp3) is 0.238. The first kappa shape index (κ1) is 20.1. The van der Waals surface area contributed by atoms with Crippen LogP contribution in [0.2, 0.25) is 0 Å². The third-order valence-electron chi connectivity index (χ3n) is 5.01. The van der Waals surface area contributed by atoms with Crippen LogP contribution in [0.15, 0.2) is 48.5 Å². The highest BCUT2D eigenvalue weighted by molar-refractivity contribution is 6.11. The lowest BCUT2D eigenvalue weighted by Crippen LogP contribution is -2.46. The van der Waals surface area contributed by atoms with Gasteiger partial charge in [0.2, 0.25) is 11.8 Å². The van der Waals surface area contributed by atoms with E-state index in [0.717, 1.165) is 16.0 Å². The lowest BCUT2D eigenvalue weighted by Gasteiger charge is -2.28. The van der Waals surface area contributed by atoms with Crippen LogP contribution in [-0.2, 0) is 19.9 Å². The van der Waals surface area contributed by atoms with Gasteiger partial charge in [0.1, 0.15) is 6.54 Å². The van der Waals surface area contributed by atoms with Crippen molar-refractivity contribution in [3.63, 3.8) is 0 Å². The molecule has 1 fully saturated rings. The van der Waals surface area contributed by atoms with Gasteiger partial charge in [-0.3, -0.25) is 19.3 Å². The Kier molecular flexibility index (Phi) is 5.36. The Bertz CT molecular complexity index is 989. The molecule has 150 valence electrons. The molecule has 0 bridgehead atoms. The fourth-order valence-corrected chi connectivity index (χ4v) is 3.33. The molecule has 4 N–H and O–H groups in total. The lowest BCUT2D eigenvalue weighted by atomic mass is 9.81. The van der Waals surface area contributed by atoms with E-state index < -0.39 is 35.8 Å². The number of primary amides is 1. The maximum atomic E-state index is 13.5. The molecule has 1 aliphatic heterocycles. The summed E-state index contributed by atoms with van der Waals surface area (Å²) in [5, 5.41) is 5.07. The number of rotatable bonds is 6. The van der Waals surface area contributed by atoms with Crippen molar-refractivity contribution in [2.24, 2.45) is 5.73 Å². The molecule has 2 aromatic rings. The summed E-state index contributed by atoms with van der Waals surface area (Å²) in [6, 6.07) is 13.7. The molecule has 1 heterocycles. The molecule has 8 heteroatoms. The van der Waals surface area contributed by atoms with E-state index in [2.05, 4.69) is 10.6 Å². The molecule has 3 rings (SSSR count). The van der Waals surface area contributed by atoms with E-state index in [9.17, 15) is 19.2 Å². The van der Waals surface area contributed by atoms with E-state index in [1.807, 2.05) is 32.0 Å². The number of nitrogens with two attached hydrogens (primary N) is 1. The molecule has 1 saturated heterocycles. The summed E-state index contributed by atoms with van der Waals surface area (Å²) in [4.78, 5) is 50.0. The minimum absolute atomic E-state index is 0.372. The van der Waals surface area contributed by atoms with E-state index >= 15 is 0 Å². The molecule has 2 aromatic carbocycles. The summed E-state index contributed by atoms with van der Waals surface area (Å²) >= 11 is 0. The number of amides is 5. The molecule has 29 heavy (non-hydrogen) atoms. The molecule has 1 atom stereocenters. The van der Waals surface area contributed by atoms with Crippen molar-refractivity contribution in [2.75, 3.05) is 13.1 Å². The van der Waals surface area contributed by atoms with Crippen molar-refractivity contribution < 1.29 is 19.2 Å². The Hall–Kier alpha value is -3.68. The molecular weight excluding hydrogens is 372 g/mol. The van der Waals surface area contributed by atoms with Gasteiger partial charge < -0.3 is 16.4 Å². The van der Waals surface area contributed by atoms with E-state index in [1.54, 1.807) is 30.3 Å². The van der Waals surface area contributed by atoms with Gasteiger partial charge >= 0.3 is 6.03 Å². The van der Waals surface area contributed by atoms with E-state index in [4.69, 9.17) is 5.73 Å². The molecule has 5 amide bonds. The summed E-state index contributed by atoms with van der Waals surface area (Å²) in [5.41, 5.74) is 6.78. The van der Waals surface area contributed by atoms with Gasteiger partial charge in [-0.25, -0.2) is 4.79 Å². The van der Waals surface area contributed by atoms with Gasteiger partial charge in [0.15, 0.2) is 5.54 Å². The number of hydrogen-bond acceptors (Lipinski definition) is 4. The SMILES string of the molecule is Cc1ccc([C@@]2(c3ccccc3)NC(=O)N(CC(=O)NCC(N)=O)C2=O)cc1C. The summed E-state index contributed by atoms with van der Waals surface area (Å²) < 4.78 is 0. The monoisotopic (exact) mass is 394 g/mol. The molecule has 0 saturated carbocycles. The second-order valence-electron chi connectivity index (χ2n) is 6.98. The second-order valence-corrected chi connectivity index (χ2v) is 6.98. The van der Waals surface area contributed by atoms with Gasteiger partial charge in [0.05, 0.1) is 6.54 Å². The third kappa shape index (κ3) is 3.69. The Morgan fingerprint density at radius 2 is 1.72 bits per heavy atom. The van der Waals surface area contributed by atoms with Crippen molar-refractivity contribution in [2.45, 2.75) is 19.4 Å². The predicted molar refractivity (Wildman–Crippen MR) is 106 cm³/mol. The molecule has 0 unspecified atom stereocenters. The standard InChI is InChI=1S/C21H22N4O4/c1-13-8-9-16(10-14(13)2)21(15-6-4-3-5-7-15)19(28)25(20(29)24-21)12-18(27)23-11-17(22)26/h3-10H,11-12H2,1-2H3,(H2,22,26)(H,23,27)(H,24,29)/t21-/m1/s1. The van der Waals surface area contributed by atoms with E-state index in [0.29, 0.717) is 11.1 Å². The molecular formula is C21H22N4O4. The van der Waals surface area contributed by atoms with Crippen molar-refractivity contribution in [1.29, 1.82) is 0 Å². The van der Waals surface area contributed by atoms with Crippen LogP contribution >= 0.6 is 0 Å². The van der Waals surface area contributed by atoms with Crippen LogP contribution in [-0.4, -0.2) is 41.7 Å². The Morgan fingerprint density at radius 3 is 2.34 bits per heavy atom. The Morgan fingerprint density at radius 1 is 1.03 bits per heavy atom. The second kappa shape index (κ2) is 7.75. The normalized spacial score (nSPS) is 18.5. The van der Waals surface area contributed by atoms with Crippen molar-refractivity contribution in [3.05, 3.63) is 70.8 Å². The molecule has 0 radical (unpaired) electrons. The Balaban J connectivity index is 2.02. The summed E-state index contributed by atoms with van der Waals surface area (Å²) in [7, 11) is 0. The summed E-state index contributed by atoms with van der Waals surface area (Å²) in [5.74, 6) is -1.94. The van der Waals surface area contributed by atoms with Crippen LogP contribution in [0.25, 0.3) is 0 Å². The number of hydrogen-bond donors (Lipinski definition) is 3. The number of carbonyl (C=O) groups is 4. The minimum atomic E-state index is -1.44. The average molecular weight is 394 g/mol. The fourth-order valence-electron chi connectivity index (χ4n) is 3.33. The molecule has 0 spiro atoms. The number of nitrogens with zero attached hydrogens (tertiary/aromatic N) is 1. The quantitative estimate of drug-likeness (QED) is 0.624. The number of benzene rings is 2. The number of carbonyl (C=O) groups excluding carboxylic acids is 4. The van der Waals surface area contributed by atoms with Crippen LogP contribution in [0.5, 0.6) is 0 Å². The minimum Gasteiger partial charge on any atom is -0.368 e. The molecule has 0 aliphatic carbocycles. The van der Waals surface area contributed by atoms with E-state index in [-0.39, 0.29) is 6.54 Å². The zero-order chi connectivity index (χ0) is 21.2. The molecule has 8 nitrogen and oxygen atoms in total. The van der Waals surface area contributed by atoms with Gasteiger partial charge in [0.25, 0.3) is 5.91 Å². The summed E-state index contributed by atoms with van der Waals surface area (Å²) in [6.07, 6.45) is 0. The van der Waals surface area contributed by atoms with Crippen molar-refractivity contribution in [3.8, 4) is 0 Å². The first-order valence-electron chi connectivity index (χ1n) is 9.08. The van der Waals surface area contributed by atoms with Crippen LogP contribution in [0.1, 0.15) is 22.3 Å². The maximum absolute atomic E-state index is 13.5. The lowest BCUT2D eigenvalue weighted by molar-refractivity contribution is -0.134. The average Bonchev–Trinajstić information content (AvgIpc) is 2.95. The van der Waals surface area contributed by atoms with E-state index in [1.165, 1.54) is 0 Å². The highest BCUT2D eigenvalue weighted by Gasteiger charge is 2.54. The highest BCUT2D eigenvalue weighted by atomic mass is 16.2. The topological polar surface area (TPSA) is 122 Å². The van der Waals surface area contributed by atoms with Crippen LogP contribution in [0.4, 0.5) is 4.79 Å². The van der Waals surface area contributed by atoms with Crippen molar-refractivity contribution >= 4 is 23.8 Å². The van der Waals surface area contributed by atoms with Gasteiger partial charge in [0, 0.05) is 0 Å². The molecule has 0 aromatic heterocycles. The van der Waals surface area contributed by atoms with Gasteiger partial charge in [-0.1, -0.05) is 48.5 Å². The number of nitrogens with one attached hydrogen (secondary N) is 2. The van der Waals surface area contributed by atoms with Gasteiger partial charge in [-0.15, -0.1) is 0 Å².